The summed E-state index contributed by atoms with van der Waals surface area (Å²) in [5, 5.41) is 19.3. The summed E-state index contributed by atoms with van der Waals surface area (Å²) in [5.74, 6) is -0.584. The van der Waals surface area contributed by atoms with E-state index < -0.39 is 14.9 Å². The number of morpholine rings is 1. The zero-order chi connectivity index (χ0) is 22.4. The largest absolute Gasteiger partial charge is 0.379 e. The van der Waals surface area contributed by atoms with Crippen molar-refractivity contribution in [3.05, 3.63) is 52.0 Å². The van der Waals surface area contributed by atoms with Crippen LogP contribution in [0.4, 0.5) is 5.82 Å². The van der Waals surface area contributed by atoms with E-state index in [0.717, 1.165) is 5.56 Å². The number of nitrogens with two attached hydrogens (primary N) is 1. The summed E-state index contributed by atoms with van der Waals surface area (Å²) in [7, 11) is -3.75. The van der Waals surface area contributed by atoms with Crippen molar-refractivity contribution in [3.8, 4) is 0 Å². The van der Waals surface area contributed by atoms with Crippen molar-refractivity contribution in [1.29, 1.82) is 0 Å². The van der Waals surface area contributed by atoms with Gasteiger partial charge in [-0.3, -0.25) is 9.69 Å². The molecule has 0 spiro atoms. The van der Waals surface area contributed by atoms with Crippen LogP contribution in [-0.4, -0.2) is 66.5 Å². The molecule has 1 aromatic heterocycles. The van der Waals surface area contributed by atoms with E-state index >= 15 is 0 Å². The number of nitro groups is 1. The number of ether oxygens (including phenoxy) is 1. The number of nitrogens with one attached hydrogen (secondary N) is 1. The maximum absolute atomic E-state index is 12.3. The SMILES string of the molecule is NS(=O)(=O)c1ccc(CCNC(=O)Cn2cnc(CN3CCOCC3)c2[N+](=O)[O-])cc1. The van der Waals surface area contributed by atoms with Crippen LogP contribution in [0.15, 0.2) is 35.5 Å². The van der Waals surface area contributed by atoms with Crippen LogP contribution in [0, 0.1) is 10.1 Å². The molecule has 1 amide bonds. The zero-order valence-electron chi connectivity index (χ0n) is 16.8. The summed E-state index contributed by atoms with van der Waals surface area (Å²) in [6.07, 6.45) is 1.77. The van der Waals surface area contributed by atoms with Gasteiger partial charge in [-0.05, 0) is 29.0 Å². The molecule has 0 saturated carbocycles. The van der Waals surface area contributed by atoms with E-state index in [1.165, 1.54) is 23.0 Å². The predicted molar refractivity (Wildman–Crippen MR) is 110 cm³/mol. The molecule has 31 heavy (non-hydrogen) atoms. The number of hydrogen-bond acceptors (Lipinski definition) is 8. The Labute approximate surface area is 179 Å². The number of nitrogens with zero attached hydrogens (tertiary/aromatic N) is 4. The highest BCUT2D eigenvalue weighted by Crippen LogP contribution is 2.19. The minimum atomic E-state index is -3.75. The number of rotatable bonds is 9. The Kier molecular flexibility index (Phi) is 7.33. The summed E-state index contributed by atoms with van der Waals surface area (Å²) >= 11 is 0. The Morgan fingerprint density at radius 1 is 1.26 bits per heavy atom. The Morgan fingerprint density at radius 2 is 1.94 bits per heavy atom. The number of benzene rings is 1. The van der Waals surface area contributed by atoms with Gasteiger partial charge in [-0.2, -0.15) is 0 Å². The lowest BCUT2D eigenvalue weighted by molar-refractivity contribution is -0.393. The highest BCUT2D eigenvalue weighted by Gasteiger charge is 2.25. The smallest absolute Gasteiger partial charge is 0.347 e. The third-order valence-corrected chi connectivity index (χ3v) is 5.76. The van der Waals surface area contributed by atoms with Gasteiger partial charge in [-0.15, -0.1) is 0 Å². The molecule has 168 valence electrons. The fourth-order valence-corrected chi connectivity index (χ4v) is 3.74. The summed E-state index contributed by atoms with van der Waals surface area (Å²) in [5.41, 5.74) is 1.13. The maximum atomic E-state index is 12.3. The Balaban J connectivity index is 1.54. The monoisotopic (exact) mass is 452 g/mol. The van der Waals surface area contributed by atoms with E-state index in [1.807, 2.05) is 4.90 Å². The molecule has 0 aliphatic carbocycles. The maximum Gasteiger partial charge on any atom is 0.347 e. The molecule has 0 atom stereocenters. The van der Waals surface area contributed by atoms with Gasteiger partial charge in [0.25, 0.3) is 5.91 Å². The molecule has 3 rings (SSSR count). The molecule has 2 heterocycles. The zero-order valence-corrected chi connectivity index (χ0v) is 17.6. The normalized spacial score (nSPS) is 15.0. The molecule has 1 aliphatic heterocycles. The van der Waals surface area contributed by atoms with Crippen LogP contribution in [0.1, 0.15) is 11.3 Å². The molecule has 3 N–H and O–H groups in total. The summed E-state index contributed by atoms with van der Waals surface area (Å²) in [4.78, 5) is 29.4. The second kappa shape index (κ2) is 9.96. The van der Waals surface area contributed by atoms with Gasteiger partial charge in [0, 0.05) is 26.2 Å². The van der Waals surface area contributed by atoms with Crippen LogP contribution < -0.4 is 10.5 Å². The first-order chi connectivity index (χ1) is 14.7. The van der Waals surface area contributed by atoms with Crippen molar-refractivity contribution < 1.29 is 22.9 Å². The van der Waals surface area contributed by atoms with Crippen LogP contribution in [0.25, 0.3) is 0 Å². The molecule has 1 saturated heterocycles. The van der Waals surface area contributed by atoms with E-state index in [1.54, 1.807) is 12.1 Å². The van der Waals surface area contributed by atoms with Crippen LogP contribution in [0.3, 0.4) is 0 Å². The van der Waals surface area contributed by atoms with Gasteiger partial charge in [0.1, 0.15) is 0 Å². The van der Waals surface area contributed by atoms with Gasteiger partial charge >= 0.3 is 5.82 Å². The summed E-state index contributed by atoms with van der Waals surface area (Å²) in [6.45, 7) is 2.87. The third-order valence-electron chi connectivity index (χ3n) is 4.83. The number of sulfonamides is 1. The number of aromatic nitrogens is 2. The van der Waals surface area contributed by atoms with Gasteiger partial charge in [0.2, 0.25) is 10.0 Å². The van der Waals surface area contributed by atoms with Crippen molar-refractivity contribution in [1.82, 2.24) is 19.8 Å². The van der Waals surface area contributed by atoms with Crippen LogP contribution in [0.5, 0.6) is 0 Å². The van der Waals surface area contributed by atoms with Crippen molar-refractivity contribution in [3.63, 3.8) is 0 Å². The molecule has 13 heteroatoms. The van der Waals surface area contributed by atoms with Gasteiger partial charge in [0.15, 0.2) is 18.6 Å². The highest BCUT2D eigenvalue weighted by atomic mass is 32.2. The van der Waals surface area contributed by atoms with Crippen LogP contribution in [-0.2, 0) is 39.1 Å². The van der Waals surface area contributed by atoms with E-state index in [-0.39, 0.29) is 29.7 Å². The topological polar surface area (TPSA) is 163 Å². The van der Waals surface area contributed by atoms with Crippen molar-refractivity contribution >= 4 is 21.7 Å². The molecule has 1 fully saturated rings. The molecule has 12 nitrogen and oxygen atoms in total. The molecular formula is C18H24N6O6S. The summed E-state index contributed by atoms with van der Waals surface area (Å²) in [6, 6.07) is 6.03. The first-order valence-electron chi connectivity index (χ1n) is 9.61. The number of hydrogen-bond donors (Lipinski definition) is 2. The Morgan fingerprint density at radius 3 is 2.55 bits per heavy atom. The molecule has 0 bridgehead atoms. The fourth-order valence-electron chi connectivity index (χ4n) is 3.23. The number of primary sulfonamides is 1. The van der Waals surface area contributed by atoms with Crippen LogP contribution >= 0.6 is 0 Å². The lowest BCUT2D eigenvalue weighted by Crippen LogP contribution is -2.36. The molecule has 1 aromatic carbocycles. The standard InChI is InChI=1S/C18H24N6O6S/c19-31(28,29)15-3-1-14(2-4-15)5-6-20-17(25)12-23-13-21-16(18(23)24(26)27)11-22-7-9-30-10-8-22/h1-4,13H,5-12H2,(H,20,25)(H2,19,28,29). The fraction of sp³-hybridized carbons (Fsp3) is 0.444. The van der Waals surface area contributed by atoms with E-state index in [0.29, 0.717) is 45.0 Å². The highest BCUT2D eigenvalue weighted by molar-refractivity contribution is 7.89. The van der Waals surface area contributed by atoms with E-state index in [2.05, 4.69) is 10.3 Å². The lowest BCUT2D eigenvalue weighted by atomic mass is 10.1. The number of carbonyl (C=O) groups excluding carboxylic acids is 1. The quantitative estimate of drug-likeness (QED) is 0.384. The van der Waals surface area contributed by atoms with Crippen LogP contribution in [0.2, 0.25) is 0 Å². The molecule has 2 aromatic rings. The minimum Gasteiger partial charge on any atom is -0.379 e. The van der Waals surface area contributed by atoms with E-state index in [9.17, 15) is 23.3 Å². The van der Waals surface area contributed by atoms with Gasteiger partial charge < -0.3 is 20.2 Å². The first-order valence-corrected chi connectivity index (χ1v) is 11.2. The van der Waals surface area contributed by atoms with Crippen molar-refractivity contribution in [2.24, 2.45) is 5.14 Å². The molecule has 0 radical (unpaired) electrons. The van der Waals surface area contributed by atoms with Gasteiger partial charge in [-0.25, -0.2) is 23.1 Å². The second-order valence-electron chi connectivity index (χ2n) is 7.08. The van der Waals surface area contributed by atoms with Crippen molar-refractivity contribution in [2.45, 2.75) is 24.4 Å². The lowest BCUT2D eigenvalue weighted by Gasteiger charge is -2.25. The van der Waals surface area contributed by atoms with Gasteiger partial charge in [0.05, 0.1) is 18.1 Å². The first kappa shape index (κ1) is 22.8. The average Bonchev–Trinajstić information content (AvgIpc) is 3.10. The molecule has 0 unspecified atom stereocenters. The molecular weight excluding hydrogens is 428 g/mol. The Bertz CT molecular complexity index is 1030. The van der Waals surface area contributed by atoms with Crippen molar-refractivity contribution in [2.75, 3.05) is 32.8 Å². The third kappa shape index (κ3) is 6.30. The van der Waals surface area contributed by atoms with E-state index in [4.69, 9.17) is 9.88 Å². The van der Waals surface area contributed by atoms with Gasteiger partial charge in [-0.1, -0.05) is 12.1 Å². The average molecular weight is 452 g/mol. The second-order valence-corrected chi connectivity index (χ2v) is 8.64. The minimum absolute atomic E-state index is 0.0144. The predicted octanol–water partition coefficient (Wildman–Crippen LogP) is -0.370. The number of carbonyl (C=O) groups is 1. The number of amides is 1. The number of imidazole rings is 1. The molecule has 1 aliphatic rings. The Hall–Kier alpha value is -2.87. The summed E-state index contributed by atoms with van der Waals surface area (Å²) < 4.78 is 29.0.